The molecule has 3 nitrogen and oxygen atoms in total. The molecule has 0 saturated heterocycles. The Morgan fingerprint density at radius 3 is 1.56 bits per heavy atom. The Kier molecular flexibility index (Phi) is 4.43. The number of hydrogen-bond donors (Lipinski definition) is 2. The smallest absolute Gasteiger partial charge is 0.121 e. The maximum absolute atomic E-state index is 10.4. The van der Waals surface area contributed by atoms with E-state index in [4.69, 9.17) is 0 Å². The predicted octanol–water partition coefficient (Wildman–Crippen LogP) is 5.55. The van der Waals surface area contributed by atoms with E-state index in [1.54, 1.807) is 18.3 Å². The van der Waals surface area contributed by atoms with E-state index in [-0.39, 0.29) is 11.5 Å². The highest BCUT2D eigenvalue weighted by Crippen LogP contribution is 2.32. The Hall–Kier alpha value is -3.46. The third kappa shape index (κ3) is 3.20. The van der Waals surface area contributed by atoms with E-state index in [1.165, 1.54) is 0 Å². The molecular weight excluding hydrogens is 334 g/mol. The van der Waals surface area contributed by atoms with E-state index in [1.807, 2.05) is 65.6 Å². The summed E-state index contributed by atoms with van der Waals surface area (Å²) in [4.78, 5) is 2.00. The summed E-state index contributed by atoms with van der Waals surface area (Å²) in [6.45, 7) is 4.93. The van der Waals surface area contributed by atoms with Crippen molar-refractivity contribution in [3.63, 3.8) is 0 Å². The second-order valence-corrected chi connectivity index (χ2v) is 6.66. The summed E-state index contributed by atoms with van der Waals surface area (Å²) in [6, 6.07) is 23.3. The highest BCUT2D eigenvalue weighted by atomic mass is 16.3. The van der Waals surface area contributed by atoms with Crippen molar-refractivity contribution in [3.05, 3.63) is 96.7 Å². The number of nitrogens with zero attached hydrogens (tertiary/aromatic N) is 1. The number of hydrogen-bond acceptors (Lipinski definition) is 3. The van der Waals surface area contributed by atoms with Gasteiger partial charge < -0.3 is 15.1 Å². The minimum absolute atomic E-state index is 0.266. The lowest BCUT2D eigenvalue weighted by Crippen LogP contribution is -2.16. The molecule has 27 heavy (non-hydrogen) atoms. The van der Waals surface area contributed by atoms with Gasteiger partial charge in [-0.1, -0.05) is 67.2 Å². The zero-order valence-electron chi connectivity index (χ0n) is 15.0. The molecule has 0 aliphatic rings. The van der Waals surface area contributed by atoms with Crippen molar-refractivity contribution >= 4 is 21.5 Å². The topological polar surface area (TPSA) is 43.7 Å². The van der Waals surface area contributed by atoms with Crippen molar-refractivity contribution in [1.29, 1.82) is 0 Å². The monoisotopic (exact) mass is 355 g/mol. The average molecular weight is 355 g/mol. The zero-order valence-corrected chi connectivity index (χ0v) is 15.0. The molecule has 134 valence electrons. The van der Waals surface area contributed by atoms with Crippen LogP contribution in [-0.4, -0.2) is 15.1 Å². The van der Waals surface area contributed by atoms with Crippen molar-refractivity contribution in [2.45, 2.75) is 13.1 Å². The fourth-order valence-corrected chi connectivity index (χ4v) is 3.57. The number of phenolic OH excluding ortho intramolecular Hbond substituents is 2. The van der Waals surface area contributed by atoms with Crippen molar-refractivity contribution in [1.82, 2.24) is 4.90 Å². The third-order valence-corrected chi connectivity index (χ3v) is 5.01. The summed E-state index contributed by atoms with van der Waals surface area (Å²) >= 11 is 0. The van der Waals surface area contributed by atoms with Crippen LogP contribution < -0.4 is 0 Å². The molecule has 0 aromatic heterocycles. The van der Waals surface area contributed by atoms with Gasteiger partial charge in [-0.15, -0.1) is 0 Å². The second-order valence-electron chi connectivity index (χ2n) is 6.66. The van der Waals surface area contributed by atoms with Crippen LogP contribution in [0.15, 0.2) is 85.6 Å². The molecule has 4 aromatic carbocycles. The number of phenols is 2. The lowest BCUT2D eigenvalue weighted by Gasteiger charge is -2.23. The minimum Gasteiger partial charge on any atom is -0.508 e. The minimum atomic E-state index is 0.266. The van der Waals surface area contributed by atoms with Gasteiger partial charge in [-0.3, -0.25) is 0 Å². The van der Waals surface area contributed by atoms with Gasteiger partial charge >= 0.3 is 0 Å². The van der Waals surface area contributed by atoms with E-state index in [2.05, 4.69) is 6.58 Å². The molecule has 0 aliphatic heterocycles. The molecule has 0 heterocycles. The van der Waals surface area contributed by atoms with Gasteiger partial charge in [0.1, 0.15) is 11.5 Å². The van der Waals surface area contributed by atoms with Gasteiger partial charge in [0.15, 0.2) is 0 Å². The molecule has 4 rings (SSSR count). The lowest BCUT2D eigenvalue weighted by atomic mass is 10.0. The lowest BCUT2D eigenvalue weighted by molar-refractivity contribution is 0.348. The van der Waals surface area contributed by atoms with Crippen LogP contribution in [0.3, 0.4) is 0 Å². The van der Waals surface area contributed by atoms with Crippen molar-refractivity contribution < 1.29 is 10.2 Å². The number of rotatable bonds is 5. The average Bonchev–Trinajstić information content (AvgIpc) is 2.71. The Morgan fingerprint density at radius 2 is 1.11 bits per heavy atom. The molecule has 0 amide bonds. The fraction of sp³-hybridized carbons (Fsp3) is 0.0833. The molecule has 4 aromatic rings. The van der Waals surface area contributed by atoms with Gasteiger partial charge in [-0.25, -0.2) is 0 Å². The van der Waals surface area contributed by atoms with E-state index < -0.39 is 0 Å². The van der Waals surface area contributed by atoms with Crippen LogP contribution in [0.1, 0.15) is 11.1 Å². The number of fused-ring (bicyclic) bond motifs is 2. The Labute approximate surface area is 158 Å². The summed E-state index contributed by atoms with van der Waals surface area (Å²) in [7, 11) is 0. The number of aromatic hydroxyl groups is 2. The van der Waals surface area contributed by atoms with Crippen LogP contribution in [0.25, 0.3) is 21.5 Å². The van der Waals surface area contributed by atoms with Crippen molar-refractivity contribution in [2.75, 3.05) is 0 Å². The number of benzene rings is 4. The first-order valence-electron chi connectivity index (χ1n) is 8.93. The van der Waals surface area contributed by atoms with E-state index in [0.29, 0.717) is 13.1 Å². The standard InChI is InChI=1S/C24H21NO2/c1-2-25(15-21-19-9-5-3-7-17(19)11-13-23(21)26)16-22-20-10-6-4-8-18(20)12-14-24(22)27/h2-14,26-27H,1,15-16H2. The Bertz CT molecular complexity index is 1050. The first kappa shape index (κ1) is 17.0. The molecule has 0 atom stereocenters. The zero-order chi connectivity index (χ0) is 18.8. The quantitative estimate of drug-likeness (QED) is 0.493. The molecule has 0 spiro atoms. The molecule has 0 saturated carbocycles. The molecule has 0 aliphatic carbocycles. The van der Waals surface area contributed by atoms with Crippen molar-refractivity contribution in [2.24, 2.45) is 0 Å². The van der Waals surface area contributed by atoms with Gasteiger partial charge in [0.2, 0.25) is 0 Å². The largest absolute Gasteiger partial charge is 0.508 e. The first-order valence-corrected chi connectivity index (χ1v) is 8.93. The summed E-state index contributed by atoms with van der Waals surface area (Å²) in [5, 5.41) is 25.1. The van der Waals surface area contributed by atoms with Crippen LogP contribution >= 0.6 is 0 Å². The van der Waals surface area contributed by atoms with Crippen molar-refractivity contribution in [3.8, 4) is 11.5 Å². The van der Waals surface area contributed by atoms with Crippen LogP contribution in [0.5, 0.6) is 11.5 Å². The maximum Gasteiger partial charge on any atom is 0.121 e. The van der Waals surface area contributed by atoms with Gasteiger partial charge in [0, 0.05) is 24.2 Å². The Morgan fingerprint density at radius 1 is 0.667 bits per heavy atom. The molecular formula is C24H21NO2. The van der Waals surface area contributed by atoms with E-state index >= 15 is 0 Å². The first-order chi connectivity index (χ1) is 13.2. The maximum atomic E-state index is 10.4. The Balaban J connectivity index is 1.72. The van der Waals surface area contributed by atoms with E-state index in [0.717, 1.165) is 32.7 Å². The molecule has 0 radical (unpaired) electrons. The molecule has 0 fully saturated rings. The normalized spacial score (nSPS) is 11.0. The van der Waals surface area contributed by atoms with Crippen LogP contribution in [0.2, 0.25) is 0 Å². The highest BCUT2D eigenvalue weighted by Gasteiger charge is 2.13. The summed E-state index contributed by atoms with van der Waals surface area (Å²) in [5.41, 5.74) is 1.71. The summed E-state index contributed by atoms with van der Waals surface area (Å²) in [5.74, 6) is 0.533. The van der Waals surface area contributed by atoms with Gasteiger partial charge in [0.25, 0.3) is 0 Å². The van der Waals surface area contributed by atoms with Gasteiger partial charge in [-0.05, 0) is 39.9 Å². The fourth-order valence-electron chi connectivity index (χ4n) is 3.57. The second kappa shape index (κ2) is 7.04. The summed E-state index contributed by atoms with van der Waals surface area (Å²) in [6.07, 6.45) is 1.75. The highest BCUT2D eigenvalue weighted by molar-refractivity contribution is 5.88. The van der Waals surface area contributed by atoms with Gasteiger partial charge in [0.05, 0.1) is 0 Å². The molecule has 3 heteroatoms. The van der Waals surface area contributed by atoms with Gasteiger partial charge in [-0.2, -0.15) is 0 Å². The van der Waals surface area contributed by atoms with E-state index in [9.17, 15) is 10.2 Å². The summed E-state index contributed by atoms with van der Waals surface area (Å²) < 4.78 is 0. The predicted molar refractivity (Wildman–Crippen MR) is 111 cm³/mol. The molecule has 2 N–H and O–H groups in total. The molecule has 0 bridgehead atoms. The molecule has 0 unspecified atom stereocenters. The van der Waals surface area contributed by atoms with Crippen LogP contribution in [0, 0.1) is 0 Å². The van der Waals surface area contributed by atoms with Crippen LogP contribution in [0.4, 0.5) is 0 Å². The third-order valence-electron chi connectivity index (χ3n) is 5.01. The van der Waals surface area contributed by atoms with Crippen LogP contribution in [-0.2, 0) is 13.1 Å². The SMILES string of the molecule is C=CN(Cc1c(O)ccc2ccccc12)Cc1c(O)ccc2ccccc12.